The first-order valence-electron chi connectivity index (χ1n) is 10.5. The summed E-state index contributed by atoms with van der Waals surface area (Å²) in [4.78, 5) is 25.8. The molecule has 0 amide bonds. The lowest BCUT2D eigenvalue weighted by molar-refractivity contribution is -0.0126. The Hall–Kier alpha value is -2.86. The van der Waals surface area contributed by atoms with Crippen molar-refractivity contribution in [1.29, 1.82) is 0 Å². The number of fused-ring (bicyclic) bond motifs is 1. The van der Waals surface area contributed by atoms with Crippen LogP contribution in [0.5, 0.6) is 11.5 Å². The molecule has 1 aliphatic carbocycles. The second-order valence-corrected chi connectivity index (χ2v) is 8.18. The molecule has 0 unspecified atom stereocenters. The number of carbonyl (C=O) groups excluding carboxylic acids is 2. The van der Waals surface area contributed by atoms with Gasteiger partial charge in [-0.25, -0.2) is 9.59 Å². The van der Waals surface area contributed by atoms with Crippen LogP contribution in [0.3, 0.4) is 0 Å². The highest BCUT2D eigenvalue weighted by molar-refractivity contribution is 5.97. The number of ether oxygens (including phenoxy) is 3. The zero-order valence-electron chi connectivity index (χ0n) is 19.1. The molecule has 6 heteroatoms. The normalized spacial score (nSPS) is 13.0. The van der Waals surface area contributed by atoms with Crippen molar-refractivity contribution in [1.82, 2.24) is 0 Å². The van der Waals surface area contributed by atoms with Crippen molar-refractivity contribution >= 4 is 11.9 Å². The van der Waals surface area contributed by atoms with Crippen molar-refractivity contribution in [3.63, 3.8) is 0 Å². The Morgan fingerprint density at radius 1 is 0.871 bits per heavy atom. The van der Waals surface area contributed by atoms with Crippen molar-refractivity contribution < 1.29 is 28.9 Å². The first kappa shape index (κ1) is 22.8. The summed E-state index contributed by atoms with van der Waals surface area (Å²) in [5, 5.41) is 10.3. The molecule has 0 heterocycles. The van der Waals surface area contributed by atoms with Gasteiger partial charge in [-0.05, 0) is 105 Å². The molecule has 3 rings (SSSR count). The molecule has 6 nitrogen and oxygen atoms in total. The fraction of sp³-hybridized carbons (Fsp3) is 0.440. The number of hydrogen-bond acceptors (Lipinski definition) is 6. The van der Waals surface area contributed by atoms with Gasteiger partial charge in [-0.15, -0.1) is 0 Å². The van der Waals surface area contributed by atoms with Gasteiger partial charge in [-0.3, -0.25) is 0 Å². The fourth-order valence-corrected chi connectivity index (χ4v) is 4.42. The lowest BCUT2D eigenvalue weighted by Crippen LogP contribution is -2.19. The Morgan fingerprint density at radius 3 is 2.03 bits per heavy atom. The molecule has 2 aromatic carbocycles. The molecular formula is C25H30O6. The second kappa shape index (κ2) is 9.10. The Labute approximate surface area is 183 Å². The van der Waals surface area contributed by atoms with E-state index in [1.165, 1.54) is 7.11 Å². The van der Waals surface area contributed by atoms with Crippen molar-refractivity contribution in [3.8, 4) is 11.5 Å². The maximum Gasteiger partial charge on any atom is 0.344 e. The van der Waals surface area contributed by atoms with Gasteiger partial charge in [0.2, 0.25) is 0 Å². The number of aromatic hydroxyl groups is 1. The molecule has 31 heavy (non-hydrogen) atoms. The standard InChI is InChI=1S/C25H30O6/c1-13-11-20(26)18-9-7-8-10-19(18)21(13)25(28)31-23-16(4)14(2)22(15(3)17(23)5)24(27)30-12-29-6/h11,26H,7-10,12H2,1-6H3. The van der Waals surface area contributed by atoms with E-state index in [2.05, 4.69) is 0 Å². The zero-order chi connectivity index (χ0) is 22.9. The molecule has 2 aromatic rings. The van der Waals surface area contributed by atoms with Gasteiger partial charge in [0.15, 0.2) is 6.79 Å². The first-order chi connectivity index (χ1) is 14.7. The van der Waals surface area contributed by atoms with Gasteiger partial charge < -0.3 is 19.3 Å². The van der Waals surface area contributed by atoms with Crippen LogP contribution in [0, 0.1) is 34.6 Å². The maximum atomic E-state index is 13.3. The summed E-state index contributed by atoms with van der Waals surface area (Å²) in [6.07, 6.45) is 3.48. The highest BCUT2D eigenvalue weighted by Gasteiger charge is 2.27. The second-order valence-electron chi connectivity index (χ2n) is 8.18. The van der Waals surface area contributed by atoms with Gasteiger partial charge >= 0.3 is 11.9 Å². The van der Waals surface area contributed by atoms with E-state index < -0.39 is 11.9 Å². The summed E-state index contributed by atoms with van der Waals surface area (Å²) < 4.78 is 15.9. The van der Waals surface area contributed by atoms with Gasteiger partial charge in [0.1, 0.15) is 11.5 Å². The molecule has 0 atom stereocenters. The number of esters is 2. The highest BCUT2D eigenvalue weighted by atomic mass is 16.7. The van der Waals surface area contributed by atoms with Crippen LogP contribution < -0.4 is 4.74 Å². The lowest BCUT2D eigenvalue weighted by Gasteiger charge is -2.23. The average Bonchev–Trinajstić information content (AvgIpc) is 2.74. The number of aryl methyl sites for hydroxylation is 1. The van der Waals surface area contributed by atoms with E-state index in [1.54, 1.807) is 6.07 Å². The molecule has 0 aliphatic heterocycles. The topological polar surface area (TPSA) is 82.1 Å². The minimum Gasteiger partial charge on any atom is -0.508 e. The van der Waals surface area contributed by atoms with Crippen LogP contribution in [-0.2, 0) is 22.3 Å². The predicted octanol–water partition coefficient (Wildman–Crippen LogP) is 4.79. The maximum absolute atomic E-state index is 13.3. The highest BCUT2D eigenvalue weighted by Crippen LogP contribution is 2.37. The summed E-state index contributed by atoms with van der Waals surface area (Å²) in [5.74, 6) is -0.193. The fourth-order valence-electron chi connectivity index (χ4n) is 4.42. The van der Waals surface area contributed by atoms with Crippen LogP contribution in [-0.4, -0.2) is 30.9 Å². The number of rotatable bonds is 5. The molecule has 0 spiro atoms. The zero-order valence-corrected chi connectivity index (χ0v) is 19.1. The van der Waals surface area contributed by atoms with Crippen molar-refractivity contribution in [2.45, 2.75) is 60.3 Å². The Morgan fingerprint density at radius 2 is 1.45 bits per heavy atom. The van der Waals surface area contributed by atoms with Crippen LogP contribution in [0.2, 0.25) is 0 Å². The molecule has 0 fully saturated rings. The van der Waals surface area contributed by atoms with E-state index in [0.29, 0.717) is 44.7 Å². The Kier molecular flexibility index (Phi) is 6.70. The monoisotopic (exact) mass is 426 g/mol. The summed E-state index contributed by atoms with van der Waals surface area (Å²) >= 11 is 0. The third kappa shape index (κ3) is 4.17. The molecular weight excluding hydrogens is 396 g/mol. The number of benzene rings is 2. The first-order valence-corrected chi connectivity index (χ1v) is 10.5. The van der Waals surface area contributed by atoms with Crippen LogP contribution in [0.15, 0.2) is 6.07 Å². The van der Waals surface area contributed by atoms with Crippen LogP contribution in [0.1, 0.15) is 72.5 Å². The molecule has 0 radical (unpaired) electrons. The van der Waals surface area contributed by atoms with E-state index in [0.717, 1.165) is 36.8 Å². The minimum absolute atomic E-state index is 0.127. The number of methoxy groups -OCH3 is 1. The van der Waals surface area contributed by atoms with Crippen molar-refractivity contribution in [2.24, 2.45) is 0 Å². The molecule has 1 aliphatic rings. The Bertz CT molecular complexity index is 1020. The third-order valence-corrected chi connectivity index (χ3v) is 6.29. The van der Waals surface area contributed by atoms with Crippen molar-refractivity contribution in [3.05, 3.63) is 56.1 Å². The SMILES string of the molecule is COCOC(=O)c1c(C)c(C)c(OC(=O)c2c(C)cc(O)c3c2CCCC3)c(C)c1C. The molecule has 1 N–H and O–H groups in total. The third-order valence-electron chi connectivity index (χ3n) is 6.29. The Balaban J connectivity index is 2.03. The number of hydrogen-bond donors (Lipinski definition) is 1. The quantitative estimate of drug-likeness (QED) is 0.420. The summed E-state index contributed by atoms with van der Waals surface area (Å²) in [7, 11) is 1.45. The lowest BCUT2D eigenvalue weighted by atomic mass is 9.85. The smallest absolute Gasteiger partial charge is 0.344 e. The minimum atomic E-state index is -0.468. The molecule has 0 saturated heterocycles. The van der Waals surface area contributed by atoms with E-state index in [4.69, 9.17) is 14.2 Å². The number of phenols is 1. The van der Waals surface area contributed by atoms with E-state index >= 15 is 0 Å². The predicted molar refractivity (Wildman–Crippen MR) is 117 cm³/mol. The average molecular weight is 427 g/mol. The largest absolute Gasteiger partial charge is 0.508 e. The van der Waals surface area contributed by atoms with Gasteiger partial charge in [0.05, 0.1) is 11.1 Å². The summed E-state index contributed by atoms with van der Waals surface area (Å²) in [6, 6.07) is 1.64. The van der Waals surface area contributed by atoms with E-state index in [9.17, 15) is 14.7 Å². The molecule has 0 saturated carbocycles. The number of carbonyl (C=O) groups is 2. The van der Waals surface area contributed by atoms with Gasteiger partial charge in [-0.1, -0.05) is 0 Å². The van der Waals surface area contributed by atoms with Crippen LogP contribution in [0.25, 0.3) is 0 Å². The van der Waals surface area contributed by atoms with Crippen molar-refractivity contribution in [2.75, 3.05) is 13.9 Å². The van der Waals surface area contributed by atoms with Crippen LogP contribution in [0.4, 0.5) is 0 Å². The summed E-state index contributed by atoms with van der Waals surface area (Å²) in [5.41, 5.74) is 6.27. The molecule has 0 aromatic heterocycles. The summed E-state index contributed by atoms with van der Waals surface area (Å²) in [6.45, 7) is 8.98. The van der Waals surface area contributed by atoms with Gasteiger partial charge in [0.25, 0.3) is 0 Å². The van der Waals surface area contributed by atoms with Gasteiger partial charge in [-0.2, -0.15) is 0 Å². The van der Waals surface area contributed by atoms with Crippen LogP contribution >= 0.6 is 0 Å². The molecule has 166 valence electrons. The van der Waals surface area contributed by atoms with E-state index in [-0.39, 0.29) is 12.5 Å². The van der Waals surface area contributed by atoms with Gasteiger partial charge in [0, 0.05) is 7.11 Å². The van der Waals surface area contributed by atoms with E-state index in [1.807, 2.05) is 34.6 Å². The molecule has 0 bridgehead atoms. The number of phenolic OH excluding ortho intramolecular Hbond substituents is 1.